The van der Waals surface area contributed by atoms with Crippen molar-refractivity contribution in [3.05, 3.63) is 42.0 Å². The van der Waals surface area contributed by atoms with E-state index in [0.717, 1.165) is 22.4 Å². The molecule has 1 aliphatic rings. The number of fused-ring (bicyclic) bond motifs is 3. The van der Waals surface area contributed by atoms with Gasteiger partial charge in [0.25, 0.3) is 0 Å². The molecule has 0 amide bonds. The van der Waals surface area contributed by atoms with Gasteiger partial charge in [0.2, 0.25) is 0 Å². The van der Waals surface area contributed by atoms with Crippen molar-refractivity contribution < 1.29 is 19.1 Å². The molecule has 2 aromatic rings. The van der Waals surface area contributed by atoms with Crippen LogP contribution in [0, 0.1) is 11.8 Å². The van der Waals surface area contributed by atoms with Gasteiger partial charge in [0.1, 0.15) is 0 Å². The van der Waals surface area contributed by atoms with Crippen molar-refractivity contribution >= 4 is 17.6 Å². The zero-order valence-corrected chi connectivity index (χ0v) is 16.9. The molecule has 148 valence electrons. The minimum Gasteiger partial charge on any atom is -0.422 e. The third kappa shape index (κ3) is 4.71. The number of hydrogen-bond acceptors (Lipinski definition) is 5. The maximum Gasteiger partial charge on any atom is 0.311 e. The van der Waals surface area contributed by atoms with Crippen molar-refractivity contribution in [2.45, 2.75) is 47.1 Å². The SMILES string of the molecule is CC(C)CC(=O)Oc1cc2c(cc1OC(=O)CC(C)C)-c1ccccc1NC2. The van der Waals surface area contributed by atoms with Crippen LogP contribution in [-0.2, 0) is 16.1 Å². The molecule has 2 aromatic carbocycles. The summed E-state index contributed by atoms with van der Waals surface area (Å²) in [6, 6.07) is 11.6. The molecule has 0 unspecified atom stereocenters. The van der Waals surface area contributed by atoms with E-state index in [2.05, 4.69) is 5.32 Å². The van der Waals surface area contributed by atoms with Gasteiger partial charge in [0.15, 0.2) is 11.5 Å². The Hall–Kier alpha value is -2.82. The van der Waals surface area contributed by atoms with E-state index in [9.17, 15) is 9.59 Å². The summed E-state index contributed by atoms with van der Waals surface area (Å²) < 4.78 is 11.2. The molecule has 1 N–H and O–H groups in total. The van der Waals surface area contributed by atoms with Gasteiger partial charge in [-0.1, -0.05) is 45.9 Å². The molecule has 5 nitrogen and oxygen atoms in total. The minimum absolute atomic E-state index is 0.182. The molecule has 0 aliphatic carbocycles. The van der Waals surface area contributed by atoms with Crippen molar-refractivity contribution in [1.29, 1.82) is 0 Å². The topological polar surface area (TPSA) is 64.6 Å². The lowest BCUT2D eigenvalue weighted by molar-refractivity contribution is -0.138. The number of carbonyl (C=O) groups excluding carboxylic acids is 2. The van der Waals surface area contributed by atoms with Crippen LogP contribution in [0.3, 0.4) is 0 Å². The molecular weight excluding hydrogens is 354 g/mol. The van der Waals surface area contributed by atoms with Gasteiger partial charge in [-0.2, -0.15) is 0 Å². The van der Waals surface area contributed by atoms with Crippen molar-refractivity contribution in [1.82, 2.24) is 0 Å². The van der Waals surface area contributed by atoms with Crippen molar-refractivity contribution in [3.8, 4) is 22.6 Å². The standard InChI is InChI=1S/C23H27NO4/c1-14(2)9-22(25)27-20-11-16-13-24-19-8-6-5-7-17(19)18(16)12-21(20)28-23(26)10-15(3)4/h5-8,11-12,14-15,24H,9-10,13H2,1-4H3. The Morgan fingerprint density at radius 3 is 2.07 bits per heavy atom. The van der Waals surface area contributed by atoms with Gasteiger partial charge in [-0.25, -0.2) is 0 Å². The summed E-state index contributed by atoms with van der Waals surface area (Å²) in [5, 5.41) is 3.37. The van der Waals surface area contributed by atoms with Crippen LogP contribution in [0.15, 0.2) is 36.4 Å². The fourth-order valence-electron chi connectivity index (χ4n) is 3.22. The highest BCUT2D eigenvalue weighted by atomic mass is 16.6. The normalized spacial score (nSPS) is 12.2. The second-order valence-electron chi connectivity index (χ2n) is 8.00. The van der Waals surface area contributed by atoms with Gasteiger partial charge >= 0.3 is 11.9 Å². The largest absolute Gasteiger partial charge is 0.422 e. The number of anilines is 1. The van der Waals surface area contributed by atoms with E-state index >= 15 is 0 Å². The molecule has 5 heteroatoms. The second kappa shape index (κ2) is 8.46. The maximum atomic E-state index is 12.3. The van der Waals surface area contributed by atoms with Gasteiger partial charge in [0, 0.05) is 30.6 Å². The lowest BCUT2D eigenvalue weighted by atomic mass is 9.94. The van der Waals surface area contributed by atoms with E-state index < -0.39 is 0 Å². The Labute approximate surface area is 166 Å². The van der Waals surface area contributed by atoms with E-state index in [1.165, 1.54) is 0 Å². The summed E-state index contributed by atoms with van der Waals surface area (Å²) in [4.78, 5) is 24.5. The number of nitrogens with one attached hydrogen (secondary N) is 1. The molecule has 1 heterocycles. The molecule has 0 spiro atoms. The second-order valence-corrected chi connectivity index (χ2v) is 8.00. The number of carbonyl (C=O) groups is 2. The van der Waals surface area contributed by atoms with Crippen LogP contribution in [0.5, 0.6) is 11.5 Å². The smallest absolute Gasteiger partial charge is 0.311 e. The Kier molecular flexibility index (Phi) is 6.02. The average molecular weight is 381 g/mol. The van der Waals surface area contributed by atoms with E-state index in [1.807, 2.05) is 58.0 Å². The van der Waals surface area contributed by atoms with Crippen LogP contribution in [0.2, 0.25) is 0 Å². The molecule has 0 bridgehead atoms. The van der Waals surface area contributed by atoms with Crippen LogP contribution < -0.4 is 14.8 Å². The summed E-state index contributed by atoms with van der Waals surface area (Å²) in [5.41, 5.74) is 4.03. The van der Waals surface area contributed by atoms with E-state index in [1.54, 1.807) is 6.07 Å². The maximum absolute atomic E-state index is 12.3. The molecule has 0 aromatic heterocycles. The fourth-order valence-corrected chi connectivity index (χ4v) is 3.22. The number of para-hydroxylation sites is 1. The summed E-state index contributed by atoms with van der Waals surface area (Å²) >= 11 is 0. The van der Waals surface area contributed by atoms with E-state index in [4.69, 9.17) is 9.47 Å². The summed E-state index contributed by atoms with van der Waals surface area (Å²) in [7, 11) is 0. The Bertz CT molecular complexity index is 886. The Morgan fingerprint density at radius 2 is 1.46 bits per heavy atom. The number of ether oxygens (including phenoxy) is 2. The predicted octanol–water partition coefficient (Wildman–Crippen LogP) is 5.18. The highest BCUT2D eigenvalue weighted by Gasteiger charge is 2.22. The predicted molar refractivity (Wildman–Crippen MR) is 109 cm³/mol. The van der Waals surface area contributed by atoms with Gasteiger partial charge in [0.05, 0.1) is 0 Å². The molecule has 1 aliphatic heterocycles. The Morgan fingerprint density at radius 1 is 0.893 bits per heavy atom. The van der Waals surface area contributed by atoms with Crippen LogP contribution >= 0.6 is 0 Å². The summed E-state index contributed by atoms with van der Waals surface area (Å²) in [6.45, 7) is 8.44. The van der Waals surface area contributed by atoms with Gasteiger partial charge in [-0.3, -0.25) is 9.59 Å². The average Bonchev–Trinajstić information content (AvgIpc) is 2.60. The van der Waals surface area contributed by atoms with Crippen LogP contribution in [0.4, 0.5) is 5.69 Å². The van der Waals surface area contributed by atoms with Crippen LogP contribution in [0.1, 0.15) is 46.1 Å². The van der Waals surface area contributed by atoms with Crippen molar-refractivity contribution in [2.75, 3.05) is 5.32 Å². The molecule has 0 atom stereocenters. The van der Waals surface area contributed by atoms with E-state index in [0.29, 0.717) is 30.9 Å². The molecule has 0 radical (unpaired) electrons. The summed E-state index contributed by atoms with van der Waals surface area (Å²) in [6.07, 6.45) is 0.603. The Balaban J connectivity index is 1.98. The van der Waals surface area contributed by atoms with Crippen molar-refractivity contribution in [3.63, 3.8) is 0 Å². The number of rotatable bonds is 6. The minimum atomic E-state index is -0.335. The molecular formula is C23H27NO4. The number of esters is 2. The van der Waals surface area contributed by atoms with Crippen molar-refractivity contribution in [2.24, 2.45) is 11.8 Å². The van der Waals surface area contributed by atoms with Crippen LogP contribution in [0.25, 0.3) is 11.1 Å². The molecule has 3 rings (SSSR count). The monoisotopic (exact) mass is 381 g/mol. The molecule has 0 fully saturated rings. The first-order chi connectivity index (χ1) is 13.3. The molecule has 28 heavy (non-hydrogen) atoms. The molecule has 0 saturated carbocycles. The highest BCUT2D eigenvalue weighted by Crippen LogP contribution is 2.42. The highest BCUT2D eigenvalue weighted by molar-refractivity contribution is 5.86. The lowest BCUT2D eigenvalue weighted by Gasteiger charge is -2.23. The molecule has 0 saturated heterocycles. The van der Waals surface area contributed by atoms with E-state index in [-0.39, 0.29) is 23.8 Å². The first-order valence-corrected chi connectivity index (χ1v) is 9.75. The third-order valence-corrected chi connectivity index (χ3v) is 4.45. The van der Waals surface area contributed by atoms with Gasteiger partial charge in [-0.15, -0.1) is 0 Å². The third-order valence-electron chi connectivity index (χ3n) is 4.45. The zero-order chi connectivity index (χ0) is 20.3. The first-order valence-electron chi connectivity index (χ1n) is 9.75. The van der Waals surface area contributed by atoms with Gasteiger partial charge in [-0.05, 0) is 41.2 Å². The number of hydrogen-bond donors (Lipinski definition) is 1. The van der Waals surface area contributed by atoms with Gasteiger partial charge < -0.3 is 14.8 Å². The zero-order valence-electron chi connectivity index (χ0n) is 16.9. The summed E-state index contributed by atoms with van der Waals surface area (Å²) in [5.74, 6) is 0.284. The number of benzene rings is 2. The lowest BCUT2D eigenvalue weighted by Crippen LogP contribution is -2.16. The fraction of sp³-hybridized carbons (Fsp3) is 0.391. The first kappa shape index (κ1) is 19.9. The van der Waals surface area contributed by atoms with Crippen LogP contribution in [-0.4, -0.2) is 11.9 Å². The quantitative estimate of drug-likeness (QED) is 0.551.